The van der Waals surface area contributed by atoms with Crippen LogP contribution < -0.4 is 5.32 Å². The molecular weight excluding hydrogens is 242 g/mol. The first-order valence-corrected chi connectivity index (χ1v) is 7.68. The van der Waals surface area contributed by atoms with Crippen LogP contribution in [0.5, 0.6) is 0 Å². The highest BCUT2D eigenvalue weighted by atomic mass is 14.9. The molecule has 2 aromatic rings. The van der Waals surface area contributed by atoms with Gasteiger partial charge in [0.2, 0.25) is 0 Å². The van der Waals surface area contributed by atoms with Crippen LogP contribution in [-0.2, 0) is 0 Å². The van der Waals surface area contributed by atoms with Crippen LogP contribution in [0.25, 0.3) is 11.1 Å². The average Bonchev–Trinajstić information content (AvgIpc) is 2.78. The number of nitrogens with one attached hydrogen (secondary N) is 1. The van der Waals surface area contributed by atoms with Crippen molar-refractivity contribution in [2.24, 2.45) is 5.41 Å². The van der Waals surface area contributed by atoms with Gasteiger partial charge in [-0.05, 0) is 40.5 Å². The second-order valence-electron chi connectivity index (χ2n) is 6.65. The van der Waals surface area contributed by atoms with Crippen molar-refractivity contribution >= 4 is 0 Å². The molecule has 0 heterocycles. The normalized spacial score (nSPS) is 19.2. The fourth-order valence-electron chi connectivity index (χ4n) is 3.68. The van der Waals surface area contributed by atoms with E-state index in [2.05, 4.69) is 60.8 Å². The van der Waals surface area contributed by atoms with Crippen LogP contribution in [0.1, 0.15) is 43.4 Å². The molecule has 0 bridgehead atoms. The van der Waals surface area contributed by atoms with Gasteiger partial charge in [-0.15, -0.1) is 0 Å². The Morgan fingerprint density at radius 1 is 0.950 bits per heavy atom. The first-order chi connectivity index (χ1) is 9.77. The molecular formula is C19H21N. The molecule has 0 atom stereocenters. The quantitative estimate of drug-likeness (QED) is 0.857. The summed E-state index contributed by atoms with van der Waals surface area (Å²) in [6, 6.07) is 18.0. The van der Waals surface area contributed by atoms with E-state index >= 15 is 0 Å². The van der Waals surface area contributed by atoms with Crippen LogP contribution in [-0.4, -0.2) is 6.54 Å². The summed E-state index contributed by atoms with van der Waals surface area (Å²) in [6.45, 7) is 3.54. The van der Waals surface area contributed by atoms with Crippen molar-refractivity contribution in [1.29, 1.82) is 0 Å². The molecule has 0 unspecified atom stereocenters. The second kappa shape index (κ2) is 4.46. The van der Waals surface area contributed by atoms with Gasteiger partial charge in [-0.25, -0.2) is 0 Å². The Bertz CT molecular complexity index is 594. The van der Waals surface area contributed by atoms with Crippen molar-refractivity contribution in [2.45, 2.75) is 32.2 Å². The Labute approximate surface area is 121 Å². The Morgan fingerprint density at radius 3 is 2.00 bits per heavy atom. The summed E-state index contributed by atoms with van der Waals surface area (Å²) in [5.41, 5.74) is 6.21. The van der Waals surface area contributed by atoms with Crippen LogP contribution in [0, 0.1) is 5.41 Å². The van der Waals surface area contributed by atoms with Crippen molar-refractivity contribution in [2.75, 3.05) is 6.54 Å². The maximum absolute atomic E-state index is 3.84. The minimum atomic E-state index is 0.375. The molecule has 4 rings (SSSR count). The fourth-order valence-corrected chi connectivity index (χ4v) is 3.68. The van der Waals surface area contributed by atoms with Crippen molar-refractivity contribution in [3.05, 3.63) is 59.7 Å². The zero-order chi connectivity index (χ0) is 13.6. The second-order valence-corrected chi connectivity index (χ2v) is 6.65. The van der Waals surface area contributed by atoms with Crippen molar-refractivity contribution < 1.29 is 0 Å². The summed E-state index contributed by atoms with van der Waals surface area (Å²) in [4.78, 5) is 0. The first-order valence-electron chi connectivity index (χ1n) is 7.68. The molecule has 1 heteroatoms. The number of benzene rings is 2. The van der Waals surface area contributed by atoms with Gasteiger partial charge in [0.1, 0.15) is 0 Å². The predicted molar refractivity (Wildman–Crippen MR) is 83.7 cm³/mol. The van der Waals surface area contributed by atoms with E-state index < -0.39 is 0 Å². The lowest BCUT2D eigenvalue weighted by Crippen LogP contribution is -2.38. The van der Waals surface area contributed by atoms with Crippen LogP contribution in [0.4, 0.5) is 0 Å². The minimum absolute atomic E-state index is 0.375. The highest BCUT2D eigenvalue weighted by Crippen LogP contribution is 2.45. The largest absolute Gasteiger partial charge is 0.306 e. The van der Waals surface area contributed by atoms with Gasteiger partial charge in [-0.2, -0.15) is 0 Å². The number of fused-ring (bicyclic) bond motifs is 3. The van der Waals surface area contributed by atoms with Gasteiger partial charge in [0.15, 0.2) is 0 Å². The molecule has 1 N–H and O–H groups in total. The summed E-state index contributed by atoms with van der Waals surface area (Å²) in [6.07, 6.45) is 4.14. The monoisotopic (exact) mass is 263 g/mol. The Balaban J connectivity index is 1.68. The van der Waals surface area contributed by atoms with E-state index in [0.717, 1.165) is 6.54 Å². The maximum Gasteiger partial charge on any atom is 0.0589 e. The molecule has 0 saturated heterocycles. The summed E-state index contributed by atoms with van der Waals surface area (Å²) in [5, 5.41) is 3.84. The van der Waals surface area contributed by atoms with Crippen molar-refractivity contribution in [3.8, 4) is 11.1 Å². The van der Waals surface area contributed by atoms with Crippen molar-refractivity contribution in [1.82, 2.24) is 5.32 Å². The van der Waals surface area contributed by atoms with E-state index in [0.29, 0.717) is 11.5 Å². The van der Waals surface area contributed by atoms with Crippen LogP contribution in [0.15, 0.2) is 48.5 Å². The Kier molecular flexibility index (Phi) is 2.71. The summed E-state index contributed by atoms with van der Waals surface area (Å²) >= 11 is 0. The van der Waals surface area contributed by atoms with E-state index in [1.54, 1.807) is 0 Å². The molecule has 2 aromatic carbocycles. The smallest absolute Gasteiger partial charge is 0.0589 e. The lowest BCUT2D eigenvalue weighted by Gasteiger charge is -2.39. The standard InChI is InChI=1S/C19H21N/c1-19(11-6-12-19)13-20-18-16-9-4-2-7-14(16)15-8-3-5-10-17(15)18/h2-5,7-10,18,20H,6,11-13H2,1H3. The van der Waals surface area contributed by atoms with Crippen molar-refractivity contribution in [3.63, 3.8) is 0 Å². The third kappa shape index (κ3) is 1.81. The number of hydrogen-bond donors (Lipinski definition) is 1. The molecule has 2 aliphatic carbocycles. The van der Waals surface area contributed by atoms with Crippen LogP contribution in [0.2, 0.25) is 0 Å². The first kappa shape index (κ1) is 12.2. The van der Waals surface area contributed by atoms with Gasteiger partial charge < -0.3 is 5.32 Å². The SMILES string of the molecule is CC1(CNC2c3ccccc3-c3ccccc32)CCC1. The summed E-state index contributed by atoms with van der Waals surface area (Å²) < 4.78 is 0. The molecule has 0 radical (unpaired) electrons. The van der Waals surface area contributed by atoms with Crippen LogP contribution in [0.3, 0.4) is 0 Å². The van der Waals surface area contributed by atoms with E-state index in [1.165, 1.54) is 41.5 Å². The molecule has 0 aromatic heterocycles. The zero-order valence-corrected chi connectivity index (χ0v) is 12.0. The van der Waals surface area contributed by atoms with Crippen LogP contribution >= 0.6 is 0 Å². The maximum atomic E-state index is 3.84. The van der Waals surface area contributed by atoms with E-state index in [9.17, 15) is 0 Å². The molecule has 1 nitrogen and oxygen atoms in total. The van der Waals surface area contributed by atoms with Gasteiger partial charge in [0.05, 0.1) is 6.04 Å². The number of hydrogen-bond acceptors (Lipinski definition) is 1. The molecule has 0 spiro atoms. The molecule has 1 fully saturated rings. The highest BCUT2D eigenvalue weighted by molar-refractivity contribution is 5.78. The Hall–Kier alpha value is -1.60. The van der Waals surface area contributed by atoms with Gasteiger partial charge in [0, 0.05) is 6.54 Å². The summed E-state index contributed by atoms with van der Waals surface area (Å²) in [7, 11) is 0. The molecule has 0 amide bonds. The Morgan fingerprint density at radius 2 is 1.50 bits per heavy atom. The van der Waals surface area contributed by atoms with E-state index in [1.807, 2.05) is 0 Å². The van der Waals surface area contributed by atoms with E-state index in [-0.39, 0.29) is 0 Å². The third-order valence-electron chi connectivity index (χ3n) is 5.13. The highest BCUT2D eigenvalue weighted by Gasteiger charge is 2.34. The lowest BCUT2D eigenvalue weighted by atomic mass is 9.70. The van der Waals surface area contributed by atoms with Gasteiger partial charge in [-0.1, -0.05) is 61.9 Å². The summed E-state index contributed by atoms with van der Waals surface area (Å²) in [5.74, 6) is 0. The van der Waals surface area contributed by atoms with Gasteiger partial charge >= 0.3 is 0 Å². The molecule has 20 heavy (non-hydrogen) atoms. The number of rotatable bonds is 3. The lowest BCUT2D eigenvalue weighted by molar-refractivity contribution is 0.153. The fraction of sp³-hybridized carbons (Fsp3) is 0.368. The molecule has 2 aliphatic rings. The minimum Gasteiger partial charge on any atom is -0.306 e. The van der Waals surface area contributed by atoms with Gasteiger partial charge in [-0.3, -0.25) is 0 Å². The topological polar surface area (TPSA) is 12.0 Å². The molecule has 0 aliphatic heterocycles. The van der Waals surface area contributed by atoms with Gasteiger partial charge in [0.25, 0.3) is 0 Å². The predicted octanol–water partition coefficient (Wildman–Crippen LogP) is 4.54. The molecule has 102 valence electrons. The average molecular weight is 263 g/mol. The zero-order valence-electron chi connectivity index (χ0n) is 12.0. The molecule has 1 saturated carbocycles. The third-order valence-corrected chi connectivity index (χ3v) is 5.13. The van der Waals surface area contributed by atoms with E-state index in [4.69, 9.17) is 0 Å².